The van der Waals surface area contributed by atoms with E-state index in [9.17, 15) is 13.2 Å². The highest BCUT2D eigenvalue weighted by Crippen LogP contribution is 2.30. The highest BCUT2D eigenvalue weighted by molar-refractivity contribution is 5.36. The van der Waals surface area contributed by atoms with Crippen molar-refractivity contribution in [1.82, 2.24) is 10.4 Å². The van der Waals surface area contributed by atoms with Gasteiger partial charge in [0.15, 0.2) is 0 Å². The van der Waals surface area contributed by atoms with Crippen molar-refractivity contribution in [1.29, 1.82) is 0 Å². The lowest BCUT2D eigenvalue weighted by Gasteiger charge is -2.32. The van der Waals surface area contributed by atoms with Gasteiger partial charge < -0.3 is 10.5 Å². The predicted octanol–water partition coefficient (Wildman–Crippen LogP) is 2.58. The molecule has 1 aromatic rings. The highest BCUT2D eigenvalue weighted by Gasteiger charge is 2.33. The van der Waals surface area contributed by atoms with Gasteiger partial charge in [0.1, 0.15) is 5.75 Å². The molecule has 0 aromatic heterocycles. The summed E-state index contributed by atoms with van der Waals surface area (Å²) in [6.07, 6.45) is -1.38. The van der Waals surface area contributed by atoms with Gasteiger partial charge >= 0.3 is 6.36 Å². The van der Waals surface area contributed by atoms with Crippen molar-refractivity contribution in [3.8, 4) is 5.75 Å². The summed E-state index contributed by atoms with van der Waals surface area (Å²) in [5.41, 5.74) is 9.36. The largest absolute Gasteiger partial charge is 0.573 e. The normalized spacial score (nSPS) is 18.5. The number of para-hydroxylation sites is 1. The molecule has 7 heteroatoms. The summed E-state index contributed by atoms with van der Waals surface area (Å²) in [5, 5.41) is 2.02. The van der Waals surface area contributed by atoms with Crippen molar-refractivity contribution in [3.63, 3.8) is 0 Å². The summed E-state index contributed by atoms with van der Waals surface area (Å²) in [6.45, 7) is 1.94. The fourth-order valence-corrected chi connectivity index (χ4v) is 2.48. The number of nitrogens with zero attached hydrogens (tertiary/aromatic N) is 1. The van der Waals surface area contributed by atoms with Crippen LogP contribution in [0.25, 0.3) is 0 Å². The topological polar surface area (TPSA) is 50.5 Å². The van der Waals surface area contributed by atoms with Crippen molar-refractivity contribution in [2.24, 2.45) is 5.73 Å². The lowest BCUT2D eigenvalue weighted by atomic mass is 10.1. The fourth-order valence-electron chi connectivity index (χ4n) is 2.48. The van der Waals surface area contributed by atoms with Crippen LogP contribution in [0.15, 0.2) is 24.3 Å². The monoisotopic (exact) mass is 303 g/mol. The van der Waals surface area contributed by atoms with E-state index in [0.717, 1.165) is 25.9 Å². The molecule has 3 N–H and O–H groups in total. The molecule has 0 radical (unpaired) electrons. The van der Waals surface area contributed by atoms with Gasteiger partial charge in [0.05, 0.1) is 6.04 Å². The van der Waals surface area contributed by atoms with Crippen LogP contribution in [0, 0.1) is 0 Å². The Morgan fingerprint density at radius 2 is 1.86 bits per heavy atom. The summed E-state index contributed by atoms with van der Waals surface area (Å²) in [4.78, 5) is 0. The van der Waals surface area contributed by atoms with E-state index in [1.807, 2.05) is 5.01 Å². The Morgan fingerprint density at radius 1 is 1.19 bits per heavy atom. The zero-order chi connectivity index (χ0) is 15.3. The average molecular weight is 303 g/mol. The Balaban J connectivity index is 2.13. The summed E-state index contributed by atoms with van der Waals surface area (Å²) < 4.78 is 41.5. The van der Waals surface area contributed by atoms with Crippen LogP contribution in [-0.2, 0) is 0 Å². The van der Waals surface area contributed by atoms with Gasteiger partial charge in [0, 0.05) is 25.2 Å². The number of alkyl halides is 3. The minimum absolute atomic E-state index is 0.189. The number of rotatable bonds is 5. The number of nitrogens with two attached hydrogens (primary N) is 1. The summed E-state index contributed by atoms with van der Waals surface area (Å²) in [6, 6.07) is 5.71. The molecule has 0 bridgehead atoms. The van der Waals surface area contributed by atoms with E-state index in [1.54, 1.807) is 12.1 Å². The SMILES string of the molecule is NCC(NN1CCCCC1)c1ccccc1OC(F)(F)F. The molecule has 2 rings (SSSR count). The smallest absolute Gasteiger partial charge is 0.405 e. The Labute approximate surface area is 122 Å². The second kappa shape index (κ2) is 7.11. The van der Waals surface area contributed by atoms with Crippen LogP contribution in [0.1, 0.15) is 30.9 Å². The number of nitrogens with one attached hydrogen (secondary N) is 1. The first-order chi connectivity index (χ1) is 9.99. The molecule has 0 spiro atoms. The quantitative estimate of drug-likeness (QED) is 0.878. The molecule has 1 fully saturated rings. The highest BCUT2D eigenvalue weighted by atomic mass is 19.4. The van der Waals surface area contributed by atoms with Gasteiger partial charge in [0.25, 0.3) is 0 Å². The van der Waals surface area contributed by atoms with Crippen molar-refractivity contribution in [3.05, 3.63) is 29.8 Å². The molecule has 1 atom stereocenters. The van der Waals surface area contributed by atoms with Gasteiger partial charge in [0.2, 0.25) is 0 Å². The first-order valence-corrected chi connectivity index (χ1v) is 7.05. The molecule has 4 nitrogen and oxygen atoms in total. The van der Waals surface area contributed by atoms with Gasteiger partial charge in [-0.1, -0.05) is 24.6 Å². The third kappa shape index (κ3) is 4.87. The van der Waals surface area contributed by atoms with Crippen LogP contribution in [-0.4, -0.2) is 31.0 Å². The summed E-state index contributed by atoms with van der Waals surface area (Å²) >= 11 is 0. The van der Waals surface area contributed by atoms with E-state index in [-0.39, 0.29) is 12.3 Å². The minimum Gasteiger partial charge on any atom is -0.405 e. The number of hydrogen-bond donors (Lipinski definition) is 2. The standard InChI is InChI=1S/C14H20F3N3O/c15-14(16,17)21-13-7-3-2-6-11(13)12(10-18)19-20-8-4-1-5-9-20/h2-3,6-7,12,19H,1,4-5,8-10,18H2. The van der Waals surface area contributed by atoms with Crippen molar-refractivity contribution < 1.29 is 17.9 Å². The second-order valence-electron chi connectivity index (χ2n) is 5.05. The van der Waals surface area contributed by atoms with Crippen LogP contribution < -0.4 is 15.9 Å². The fraction of sp³-hybridized carbons (Fsp3) is 0.571. The van der Waals surface area contributed by atoms with Gasteiger partial charge in [-0.2, -0.15) is 0 Å². The molecule has 1 aliphatic heterocycles. The molecule has 1 heterocycles. The van der Waals surface area contributed by atoms with Crippen LogP contribution in [0.4, 0.5) is 13.2 Å². The van der Waals surface area contributed by atoms with Crippen molar-refractivity contribution in [2.45, 2.75) is 31.7 Å². The van der Waals surface area contributed by atoms with E-state index in [4.69, 9.17) is 5.73 Å². The molecule has 1 aliphatic rings. The molecule has 1 aromatic carbocycles. The van der Waals surface area contributed by atoms with Crippen LogP contribution in [0.2, 0.25) is 0 Å². The maximum Gasteiger partial charge on any atom is 0.573 e. The molecule has 21 heavy (non-hydrogen) atoms. The molecule has 1 saturated heterocycles. The second-order valence-corrected chi connectivity index (χ2v) is 5.05. The Hall–Kier alpha value is -1.31. The van der Waals surface area contributed by atoms with Crippen molar-refractivity contribution >= 4 is 0 Å². The average Bonchev–Trinajstić information content (AvgIpc) is 2.45. The van der Waals surface area contributed by atoms with Gasteiger partial charge in [-0.25, -0.2) is 10.4 Å². The number of piperidine rings is 1. The third-order valence-corrected chi connectivity index (χ3v) is 3.45. The minimum atomic E-state index is -4.71. The van der Waals surface area contributed by atoms with Crippen LogP contribution in [0.5, 0.6) is 5.75 Å². The van der Waals surface area contributed by atoms with Crippen molar-refractivity contribution in [2.75, 3.05) is 19.6 Å². The zero-order valence-electron chi connectivity index (χ0n) is 11.7. The molecule has 0 amide bonds. The number of benzene rings is 1. The number of hydrogen-bond acceptors (Lipinski definition) is 4. The molecular weight excluding hydrogens is 283 g/mol. The van der Waals surface area contributed by atoms with Crippen LogP contribution in [0.3, 0.4) is 0 Å². The zero-order valence-corrected chi connectivity index (χ0v) is 11.7. The number of hydrazine groups is 1. The number of ether oxygens (including phenoxy) is 1. The predicted molar refractivity (Wildman–Crippen MR) is 73.5 cm³/mol. The summed E-state index contributed by atoms with van der Waals surface area (Å²) in [5.74, 6) is -0.204. The Bertz CT molecular complexity index is 447. The van der Waals surface area contributed by atoms with Crippen LogP contribution >= 0.6 is 0 Å². The lowest BCUT2D eigenvalue weighted by molar-refractivity contribution is -0.275. The van der Waals surface area contributed by atoms with Gasteiger partial charge in [-0.3, -0.25) is 0 Å². The first-order valence-electron chi connectivity index (χ1n) is 7.05. The van der Waals surface area contributed by atoms with E-state index >= 15 is 0 Å². The lowest BCUT2D eigenvalue weighted by Crippen LogP contribution is -2.45. The third-order valence-electron chi connectivity index (χ3n) is 3.45. The van der Waals surface area contributed by atoms with E-state index in [2.05, 4.69) is 10.2 Å². The first kappa shape index (κ1) is 16.1. The molecule has 1 unspecified atom stereocenters. The molecule has 0 saturated carbocycles. The molecular formula is C14H20F3N3O. The molecule has 118 valence electrons. The summed E-state index contributed by atoms with van der Waals surface area (Å²) in [7, 11) is 0. The Morgan fingerprint density at radius 3 is 2.48 bits per heavy atom. The van der Waals surface area contributed by atoms with Gasteiger partial charge in [-0.05, 0) is 18.9 Å². The maximum absolute atomic E-state index is 12.5. The van der Waals surface area contributed by atoms with Gasteiger partial charge in [-0.15, -0.1) is 13.2 Å². The van der Waals surface area contributed by atoms with E-state index in [0.29, 0.717) is 5.56 Å². The number of halogens is 3. The Kier molecular flexibility index (Phi) is 5.44. The van der Waals surface area contributed by atoms with E-state index < -0.39 is 12.4 Å². The van der Waals surface area contributed by atoms with E-state index in [1.165, 1.54) is 18.6 Å². The maximum atomic E-state index is 12.5. The molecule has 0 aliphatic carbocycles.